The van der Waals surface area contributed by atoms with Crippen LogP contribution < -0.4 is 0 Å². The summed E-state index contributed by atoms with van der Waals surface area (Å²) in [6.07, 6.45) is 1.55. The van der Waals surface area contributed by atoms with Gasteiger partial charge in [0.2, 0.25) is 0 Å². The lowest BCUT2D eigenvalue weighted by molar-refractivity contribution is 0.0754. The minimum absolute atomic E-state index is 0.0312. The summed E-state index contributed by atoms with van der Waals surface area (Å²) in [5, 5.41) is 0.334. The summed E-state index contributed by atoms with van der Waals surface area (Å²) in [6, 6.07) is 7.28. The van der Waals surface area contributed by atoms with E-state index in [4.69, 9.17) is 11.6 Å². The van der Waals surface area contributed by atoms with E-state index >= 15 is 0 Å². The van der Waals surface area contributed by atoms with E-state index in [0.29, 0.717) is 23.8 Å². The van der Waals surface area contributed by atoms with Gasteiger partial charge in [-0.3, -0.25) is 4.79 Å². The van der Waals surface area contributed by atoms with Gasteiger partial charge in [-0.2, -0.15) is 0 Å². The van der Waals surface area contributed by atoms with Crippen molar-refractivity contribution >= 4 is 44.8 Å². The van der Waals surface area contributed by atoms with E-state index in [9.17, 15) is 4.79 Å². The Morgan fingerprint density at radius 1 is 1.47 bits per heavy atom. The second-order valence-corrected chi connectivity index (χ2v) is 6.83. The van der Waals surface area contributed by atoms with Crippen molar-refractivity contribution in [3.63, 3.8) is 0 Å². The topological polar surface area (TPSA) is 33.2 Å². The van der Waals surface area contributed by atoms with Crippen molar-refractivity contribution in [1.29, 1.82) is 0 Å². The molecule has 0 radical (unpaired) electrons. The molecule has 2 aromatic heterocycles. The smallest absolute Gasteiger partial charge is 0.254 e. The van der Waals surface area contributed by atoms with Gasteiger partial charge < -0.3 is 4.90 Å². The predicted octanol–water partition coefficient (Wildman–Crippen LogP) is 4.22. The van der Waals surface area contributed by atoms with E-state index in [1.165, 1.54) is 0 Å². The molecule has 0 aliphatic heterocycles. The van der Waals surface area contributed by atoms with Crippen LogP contribution in [0.4, 0.5) is 0 Å². The molecule has 100 valence electrons. The Labute approximate surface area is 129 Å². The molecule has 0 atom stereocenters. The van der Waals surface area contributed by atoms with E-state index in [2.05, 4.69) is 20.9 Å². The first kappa shape index (κ1) is 14.5. The van der Waals surface area contributed by atoms with Crippen LogP contribution in [0, 0.1) is 0 Å². The Balaban J connectivity index is 2.15. The van der Waals surface area contributed by atoms with Crippen LogP contribution in [0.25, 0.3) is 0 Å². The molecule has 1 amide bonds. The minimum Gasteiger partial charge on any atom is -0.334 e. The lowest BCUT2D eigenvalue weighted by atomic mass is 10.2. The molecule has 0 bridgehead atoms. The SMILES string of the molecule is CCN(Cc1ccc(Br)s1)C(=O)c1ccnc(Cl)c1. The van der Waals surface area contributed by atoms with Gasteiger partial charge in [-0.25, -0.2) is 4.98 Å². The van der Waals surface area contributed by atoms with Gasteiger partial charge in [-0.1, -0.05) is 11.6 Å². The first-order chi connectivity index (χ1) is 9.10. The van der Waals surface area contributed by atoms with Crippen LogP contribution in [-0.4, -0.2) is 22.3 Å². The fraction of sp³-hybridized carbons (Fsp3) is 0.231. The van der Waals surface area contributed by atoms with Crippen LogP contribution >= 0.6 is 38.9 Å². The molecule has 0 N–H and O–H groups in total. The molecule has 2 aromatic rings. The number of thiophene rings is 1. The van der Waals surface area contributed by atoms with E-state index in [-0.39, 0.29) is 5.91 Å². The van der Waals surface area contributed by atoms with Gasteiger partial charge >= 0.3 is 0 Å². The molecular weight excluding hydrogens is 348 g/mol. The summed E-state index contributed by atoms with van der Waals surface area (Å²) in [4.78, 5) is 19.2. The van der Waals surface area contributed by atoms with E-state index in [1.54, 1.807) is 34.6 Å². The average Bonchev–Trinajstić information content (AvgIpc) is 2.81. The summed E-state index contributed by atoms with van der Waals surface area (Å²) in [5.74, 6) is -0.0312. The number of amides is 1. The Hall–Kier alpha value is -0.910. The number of hydrogen-bond donors (Lipinski definition) is 0. The molecule has 0 unspecified atom stereocenters. The second kappa shape index (κ2) is 6.50. The van der Waals surface area contributed by atoms with Gasteiger partial charge in [0.15, 0.2) is 0 Å². The van der Waals surface area contributed by atoms with Crippen molar-refractivity contribution in [2.45, 2.75) is 13.5 Å². The van der Waals surface area contributed by atoms with Gasteiger partial charge in [0.05, 0.1) is 10.3 Å². The normalized spacial score (nSPS) is 10.5. The molecule has 0 aromatic carbocycles. The molecule has 3 nitrogen and oxygen atoms in total. The fourth-order valence-corrected chi connectivity index (χ4v) is 3.34. The lowest BCUT2D eigenvalue weighted by Gasteiger charge is -2.20. The molecule has 19 heavy (non-hydrogen) atoms. The molecule has 0 fully saturated rings. The second-order valence-electron chi connectivity index (χ2n) is 3.89. The van der Waals surface area contributed by atoms with Crippen LogP contribution in [0.3, 0.4) is 0 Å². The van der Waals surface area contributed by atoms with Crippen LogP contribution in [0.5, 0.6) is 0 Å². The van der Waals surface area contributed by atoms with Gasteiger partial charge in [0.25, 0.3) is 5.91 Å². The minimum atomic E-state index is -0.0312. The number of halogens is 2. The van der Waals surface area contributed by atoms with Gasteiger partial charge in [-0.15, -0.1) is 11.3 Å². The molecule has 0 aliphatic carbocycles. The van der Waals surface area contributed by atoms with Crippen molar-refractivity contribution in [3.05, 3.63) is 49.8 Å². The van der Waals surface area contributed by atoms with Gasteiger partial charge in [-0.05, 0) is 47.1 Å². The van der Waals surface area contributed by atoms with Crippen LogP contribution in [0.1, 0.15) is 22.2 Å². The van der Waals surface area contributed by atoms with Crippen LogP contribution in [-0.2, 0) is 6.54 Å². The number of hydrogen-bond acceptors (Lipinski definition) is 3. The number of carbonyl (C=O) groups excluding carboxylic acids is 1. The highest BCUT2D eigenvalue weighted by Gasteiger charge is 2.15. The molecule has 0 spiro atoms. The molecule has 0 aliphatic rings. The van der Waals surface area contributed by atoms with Crippen molar-refractivity contribution < 1.29 is 4.79 Å². The van der Waals surface area contributed by atoms with Crippen molar-refractivity contribution in [2.24, 2.45) is 0 Å². The number of carbonyl (C=O) groups is 1. The third-order valence-corrected chi connectivity index (χ3v) is 4.43. The zero-order valence-corrected chi connectivity index (χ0v) is 13.4. The first-order valence-electron chi connectivity index (χ1n) is 5.75. The summed E-state index contributed by atoms with van der Waals surface area (Å²) >= 11 is 10.9. The predicted molar refractivity (Wildman–Crippen MR) is 81.7 cm³/mol. The molecule has 0 saturated carbocycles. The monoisotopic (exact) mass is 358 g/mol. The quantitative estimate of drug-likeness (QED) is 0.766. The van der Waals surface area contributed by atoms with E-state index < -0.39 is 0 Å². The number of pyridine rings is 1. The zero-order valence-electron chi connectivity index (χ0n) is 10.3. The lowest BCUT2D eigenvalue weighted by Crippen LogP contribution is -2.30. The number of rotatable bonds is 4. The summed E-state index contributed by atoms with van der Waals surface area (Å²) in [7, 11) is 0. The Morgan fingerprint density at radius 3 is 2.84 bits per heavy atom. The highest BCUT2D eigenvalue weighted by molar-refractivity contribution is 9.11. The van der Waals surface area contributed by atoms with Crippen LogP contribution in [0.2, 0.25) is 5.15 Å². The Morgan fingerprint density at radius 2 is 2.26 bits per heavy atom. The first-order valence-corrected chi connectivity index (χ1v) is 7.74. The molecule has 0 saturated heterocycles. The average molecular weight is 360 g/mol. The van der Waals surface area contributed by atoms with Crippen LogP contribution in [0.15, 0.2) is 34.2 Å². The maximum atomic E-state index is 12.4. The summed E-state index contributed by atoms with van der Waals surface area (Å²) in [6.45, 7) is 3.21. The van der Waals surface area contributed by atoms with Crippen molar-refractivity contribution in [3.8, 4) is 0 Å². The molecule has 2 heterocycles. The van der Waals surface area contributed by atoms with Gasteiger partial charge in [0, 0.05) is 23.2 Å². The third-order valence-electron chi connectivity index (χ3n) is 2.62. The largest absolute Gasteiger partial charge is 0.334 e. The molecular formula is C13H12BrClN2OS. The number of nitrogens with zero attached hydrogens (tertiary/aromatic N) is 2. The highest BCUT2D eigenvalue weighted by Crippen LogP contribution is 2.23. The zero-order chi connectivity index (χ0) is 13.8. The van der Waals surface area contributed by atoms with Crippen molar-refractivity contribution in [2.75, 3.05) is 6.54 Å². The van der Waals surface area contributed by atoms with E-state index in [0.717, 1.165) is 8.66 Å². The van der Waals surface area contributed by atoms with E-state index in [1.807, 2.05) is 19.1 Å². The number of aromatic nitrogens is 1. The summed E-state index contributed by atoms with van der Waals surface area (Å²) in [5.41, 5.74) is 0.567. The summed E-state index contributed by atoms with van der Waals surface area (Å²) < 4.78 is 1.07. The molecule has 6 heteroatoms. The highest BCUT2D eigenvalue weighted by atomic mass is 79.9. The third kappa shape index (κ3) is 3.78. The Bertz CT molecular complexity index is 588. The van der Waals surface area contributed by atoms with Crippen molar-refractivity contribution in [1.82, 2.24) is 9.88 Å². The maximum Gasteiger partial charge on any atom is 0.254 e. The maximum absolute atomic E-state index is 12.4. The molecule has 2 rings (SSSR count). The fourth-order valence-electron chi connectivity index (χ4n) is 1.67. The van der Waals surface area contributed by atoms with Gasteiger partial charge in [0.1, 0.15) is 5.15 Å². The Kier molecular flexibility index (Phi) is 4.96. The standard InChI is InChI=1S/C13H12BrClN2OS/c1-2-17(8-10-3-4-11(14)19-10)13(18)9-5-6-16-12(15)7-9/h3-7H,2,8H2,1H3.